The van der Waals surface area contributed by atoms with Crippen molar-refractivity contribution in [1.29, 1.82) is 0 Å². The van der Waals surface area contributed by atoms with Gasteiger partial charge < -0.3 is 9.64 Å². The van der Waals surface area contributed by atoms with Gasteiger partial charge >= 0.3 is 0 Å². The molecule has 0 radical (unpaired) electrons. The van der Waals surface area contributed by atoms with Crippen molar-refractivity contribution in [2.75, 3.05) is 12.0 Å². The van der Waals surface area contributed by atoms with E-state index in [-0.39, 0.29) is 22.4 Å². The fraction of sp³-hybridized carbons (Fsp3) is 0.147. The lowest BCUT2D eigenvalue weighted by Gasteiger charge is -2.37. The van der Waals surface area contributed by atoms with Crippen LogP contribution in [0.3, 0.4) is 0 Å². The van der Waals surface area contributed by atoms with Crippen LogP contribution in [0.5, 0.6) is 5.75 Å². The summed E-state index contributed by atoms with van der Waals surface area (Å²) in [4.78, 5) is 45.9. The van der Waals surface area contributed by atoms with Crippen molar-refractivity contribution in [2.24, 2.45) is 5.41 Å². The van der Waals surface area contributed by atoms with Crippen molar-refractivity contribution in [3.63, 3.8) is 0 Å². The molecule has 4 aromatic carbocycles. The maximum atomic E-state index is 14.7. The van der Waals surface area contributed by atoms with Crippen LogP contribution in [-0.4, -0.2) is 36.5 Å². The molecule has 3 aliphatic rings. The molecule has 1 unspecified atom stereocenters. The first-order chi connectivity index (χ1) is 20.3. The van der Waals surface area contributed by atoms with Crippen LogP contribution in [0.1, 0.15) is 48.1 Å². The molecule has 0 aromatic heterocycles. The van der Waals surface area contributed by atoms with E-state index in [1.807, 2.05) is 0 Å². The molecular weight excluding hydrogens is 576 g/mol. The van der Waals surface area contributed by atoms with E-state index in [1.54, 1.807) is 89.8 Å². The number of rotatable bonds is 4. The number of anilines is 1. The number of nitrogens with zero attached hydrogens (tertiary/aromatic N) is 1. The predicted molar refractivity (Wildman–Crippen MR) is 160 cm³/mol. The van der Waals surface area contributed by atoms with Gasteiger partial charge in [0, 0.05) is 43.9 Å². The van der Waals surface area contributed by atoms with E-state index in [2.05, 4.69) is 0 Å². The van der Waals surface area contributed by atoms with Crippen molar-refractivity contribution in [2.45, 2.75) is 18.0 Å². The Kier molecular flexibility index (Phi) is 6.12. The highest BCUT2D eigenvalue weighted by molar-refractivity contribution is 6.36. The lowest BCUT2D eigenvalue weighted by Crippen LogP contribution is -2.48. The Morgan fingerprint density at radius 1 is 0.905 bits per heavy atom. The molecule has 0 N–H and O–H groups in total. The van der Waals surface area contributed by atoms with Crippen LogP contribution in [0.2, 0.25) is 10.0 Å². The predicted octanol–water partition coefficient (Wildman–Crippen LogP) is 7.46. The van der Waals surface area contributed by atoms with Gasteiger partial charge in [0.05, 0.1) is 13.2 Å². The summed E-state index contributed by atoms with van der Waals surface area (Å²) < 4.78 is 19.8. The van der Waals surface area contributed by atoms with Gasteiger partial charge in [-0.05, 0) is 48.0 Å². The minimum Gasteiger partial charge on any atom is -0.497 e. The third-order valence-electron chi connectivity index (χ3n) is 8.69. The zero-order valence-corrected chi connectivity index (χ0v) is 23.7. The first-order valence-corrected chi connectivity index (χ1v) is 14.1. The molecule has 7 rings (SSSR count). The fourth-order valence-electron chi connectivity index (χ4n) is 6.99. The smallest absolute Gasteiger partial charge is 0.186 e. The van der Waals surface area contributed by atoms with Gasteiger partial charge in [0.15, 0.2) is 17.3 Å². The van der Waals surface area contributed by atoms with Gasteiger partial charge in [-0.3, -0.25) is 14.4 Å². The lowest BCUT2D eigenvalue weighted by atomic mass is 9.64. The number of halogens is 3. The van der Waals surface area contributed by atoms with Crippen LogP contribution < -0.4 is 9.64 Å². The standard InChI is InChI=1S/C34H22Cl2FNO4/c1-42-22-6-4-5-19(16-22)31(39)30-29(25-12-10-20(35)17-26(25)36)34(32(40)23-7-2-3-8-24(23)33(34)41)28-14-9-18-15-21(37)11-13-27(18)38(28)30/h2-17,28-30H,1H3/t28?,29-,30+/m0/s1. The molecule has 2 aliphatic heterocycles. The molecule has 0 saturated carbocycles. The minimum atomic E-state index is -1.73. The first kappa shape index (κ1) is 26.6. The van der Waals surface area contributed by atoms with Gasteiger partial charge in [-0.15, -0.1) is 0 Å². The number of Topliss-reactive ketones (excluding diaryl/α,β-unsaturated/α-hetero) is 3. The highest BCUT2D eigenvalue weighted by Gasteiger charge is 2.71. The first-order valence-electron chi connectivity index (χ1n) is 13.3. The van der Waals surface area contributed by atoms with E-state index in [0.717, 1.165) is 0 Å². The highest BCUT2D eigenvalue weighted by atomic mass is 35.5. The van der Waals surface area contributed by atoms with Crippen LogP contribution in [-0.2, 0) is 0 Å². The molecule has 0 amide bonds. The van der Waals surface area contributed by atoms with E-state index >= 15 is 0 Å². The second-order valence-electron chi connectivity index (χ2n) is 10.7. The van der Waals surface area contributed by atoms with Gasteiger partial charge in [-0.25, -0.2) is 4.39 Å². The summed E-state index contributed by atoms with van der Waals surface area (Å²) in [5.74, 6) is -2.09. The molecule has 208 valence electrons. The zero-order valence-electron chi connectivity index (χ0n) is 22.2. The van der Waals surface area contributed by atoms with Crippen molar-refractivity contribution in [1.82, 2.24) is 0 Å². The van der Waals surface area contributed by atoms with E-state index in [4.69, 9.17) is 27.9 Å². The third kappa shape index (κ3) is 3.58. The monoisotopic (exact) mass is 597 g/mol. The molecule has 1 spiro atoms. The highest BCUT2D eigenvalue weighted by Crippen LogP contribution is 2.61. The average Bonchev–Trinajstić information content (AvgIpc) is 3.42. The summed E-state index contributed by atoms with van der Waals surface area (Å²) in [7, 11) is 1.51. The molecular formula is C34H22Cl2FNO4. The van der Waals surface area contributed by atoms with Crippen molar-refractivity contribution in [3.05, 3.63) is 135 Å². The molecule has 2 heterocycles. The second-order valence-corrected chi connectivity index (χ2v) is 11.5. The second kappa shape index (κ2) is 9.65. The van der Waals surface area contributed by atoms with Crippen molar-refractivity contribution in [3.8, 4) is 5.75 Å². The van der Waals surface area contributed by atoms with Gasteiger partial charge in [-0.2, -0.15) is 0 Å². The molecule has 3 atom stereocenters. The van der Waals surface area contributed by atoms with Crippen molar-refractivity contribution >= 4 is 52.3 Å². The van der Waals surface area contributed by atoms with Gasteiger partial charge in [0.25, 0.3) is 0 Å². The molecule has 42 heavy (non-hydrogen) atoms. The number of methoxy groups -OCH3 is 1. The zero-order chi connectivity index (χ0) is 29.3. The van der Waals surface area contributed by atoms with Gasteiger partial charge in [0.1, 0.15) is 23.0 Å². The molecule has 1 aliphatic carbocycles. The third-order valence-corrected chi connectivity index (χ3v) is 9.25. The Morgan fingerprint density at radius 3 is 2.33 bits per heavy atom. The maximum Gasteiger partial charge on any atom is 0.186 e. The number of fused-ring (bicyclic) bond motifs is 5. The maximum absolute atomic E-state index is 14.7. The van der Waals surface area contributed by atoms with E-state index in [9.17, 15) is 18.8 Å². The molecule has 5 nitrogen and oxygen atoms in total. The topological polar surface area (TPSA) is 63.7 Å². The Hall–Kier alpha value is -4.26. The minimum absolute atomic E-state index is 0.232. The van der Waals surface area contributed by atoms with E-state index in [0.29, 0.717) is 44.3 Å². The number of carbonyl (C=O) groups excluding carboxylic acids is 3. The van der Waals surface area contributed by atoms with Crippen LogP contribution in [0.15, 0.2) is 91.0 Å². The number of carbonyl (C=O) groups is 3. The summed E-state index contributed by atoms with van der Waals surface area (Å²) in [5.41, 5.74) is 0.706. The molecule has 8 heteroatoms. The number of ketones is 3. The summed E-state index contributed by atoms with van der Waals surface area (Å²) in [6, 6.07) is 20.6. The molecule has 1 saturated heterocycles. The summed E-state index contributed by atoms with van der Waals surface area (Å²) in [6.07, 6.45) is 3.45. The van der Waals surface area contributed by atoms with E-state index in [1.165, 1.54) is 19.2 Å². The summed E-state index contributed by atoms with van der Waals surface area (Å²) in [5, 5.41) is 0.604. The molecule has 4 aromatic rings. The van der Waals surface area contributed by atoms with Crippen LogP contribution in [0, 0.1) is 11.2 Å². The largest absolute Gasteiger partial charge is 0.497 e. The van der Waals surface area contributed by atoms with E-state index < -0.39 is 29.2 Å². The molecule has 1 fully saturated rings. The Labute approximate surface area is 251 Å². The Morgan fingerprint density at radius 2 is 1.64 bits per heavy atom. The molecule has 0 bridgehead atoms. The van der Waals surface area contributed by atoms with Crippen LogP contribution in [0.25, 0.3) is 6.08 Å². The fourth-order valence-corrected chi connectivity index (χ4v) is 7.52. The lowest BCUT2D eigenvalue weighted by molar-refractivity contribution is 0.0666. The SMILES string of the molecule is COc1cccc(C(=O)[C@H]2[C@H](c3ccc(Cl)cc3Cl)C3(C(=O)c4ccccc4C3=O)C3C=Cc4cc(F)ccc4N32)c1. The number of hydrogen-bond acceptors (Lipinski definition) is 5. The Balaban J connectivity index is 1.56. The van der Waals surface area contributed by atoms with Gasteiger partial charge in [0.2, 0.25) is 0 Å². The average molecular weight is 598 g/mol. The van der Waals surface area contributed by atoms with Crippen LogP contribution >= 0.6 is 23.2 Å². The number of hydrogen-bond donors (Lipinski definition) is 0. The van der Waals surface area contributed by atoms with Crippen molar-refractivity contribution < 1.29 is 23.5 Å². The van der Waals surface area contributed by atoms with Crippen LogP contribution in [0.4, 0.5) is 10.1 Å². The number of benzene rings is 4. The Bertz CT molecular complexity index is 1830. The van der Waals surface area contributed by atoms with Gasteiger partial charge in [-0.1, -0.05) is 77.8 Å². The number of ether oxygens (including phenoxy) is 1. The summed E-state index contributed by atoms with van der Waals surface area (Å²) in [6.45, 7) is 0. The normalized spacial score (nSPS) is 21.3. The summed E-state index contributed by atoms with van der Waals surface area (Å²) >= 11 is 13.1. The quantitative estimate of drug-likeness (QED) is 0.180.